The normalized spacial score (nSPS) is 15.0. The molecule has 2 saturated heterocycles. The summed E-state index contributed by atoms with van der Waals surface area (Å²) in [6, 6.07) is 17.2. The molecule has 358 valence electrons. The first-order valence-corrected chi connectivity index (χ1v) is 27.2. The van der Waals surface area contributed by atoms with Gasteiger partial charge in [-0.25, -0.2) is 26.8 Å². The zero-order valence-electron chi connectivity index (χ0n) is 37.7. The van der Waals surface area contributed by atoms with E-state index in [1.807, 2.05) is 17.5 Å². The van der Waals surface area contributed by atoms with E-state index in [0.717, 1.165) is 33.6 Å². The van der Waals surface area contributed by atoms with E-state index in [0.29, 0.717) is 86.1 Å². The number of hydrogen-bond acceptors (Lipinski definition) is 13. The van der Waals surface area contributed by atoms with Crippen molar-refractivity contribution >= 4 is 99.4 Å². The van der Waals surface area contributed by atoms with Crippen molar-refractivity contribution in [1.29, 1.82) is 0 Å². The maximum absolute atomic E-state index is 13.1. The number of thiazole rings is 2. The van der Waals surface area contributed by atoms with Crippen LogP contribution < -0.4 is 24.0 Å². The highest BCUT2D eigenvalue weighted by Gasteiger charge is 2.33. The lowest BCUT2D eigenvalue weighted by molar-refractivity contribution is 0.324. The van der Waals surface area contributed by atoms with Crippen LogP contribution in [0.4, 0.5) is 10.3 Å². The molecule has 0 bridgehead atoms. The predicted octanol–water partition coefficient (Wildman–Crippen LogP) is 10.1. The van der Waals surface area contributed by atoms with Crippen LogP contribution >= 0.6 is 69.1 Å². The first kappa shape index (κ1) is 51.0. The van der Waals surface area contributed by atoms with Gasteiger partial charge in [0.15, 0.2) is 21.8 Å². The minimum absolute atomic E-state index is 0.0296. The second-order valence-electron chi connectivity index (χ2n) is 15.9. The Balaban J connectivity index is 0.000000200. The zero-order chi connectivity index (χ0) is 48.2. The summed E-state index contributed by atoms with van der Waals surface area (Å²) < 4.78 is 71.4. The Hall–Kier alpha value is -3.88. The predicted molar refractivity (Wildman–Crippen MR) is 271 cm³/mol. The van der Waals surface area contributed by atoms with Crippen molar-refractivity contribution in [2.75, 3.05) is 83.5 Å². The van der Waals surface area contributed by atoms with Crippen LogP contribution in [0.15, 0.2) is 81.2 Å². The van der Waals surface area contributed by atoms with Gasteiger partial charge in [0, 0.05) is 86.0 Å². The number of rotatable bonds is 13. The molecule has 0 unspecified atom stereocenters. The van der Waals surface area contributed by atoms with Gasteiger partial charge in [0.05, 0.1) is 42.8 Å². The third-order valence-electron chi connectivity index (χ3n) is 11.4. The second-order valence-corrected chi connectivity index (χ2v) is 23.1. The largest absolute Gasteiger partial charge is 0.493 e. The smallest absolute Gasteiger partial charge is 0.244 e. The summed E-state index contributed by atoms with van der Waals surface area (Å²) in [7, 11) is -2.69. The fraction of sp³-hybridized carbons (Fsp3) is 0.348. The van der Waals surface area contributed by atoms with E-state index in [2.05, 4.69) is 48.1 Å². The lowest BCUT2D eigenvalue weighted by atomic mass is 9.96. The molecule has 0 aliphatic carbocycles. The summed E-state index contributed by atoms with van der Waals surface area (Å²) in [6.07, 6.45) is 1.39. The topological polar surface area (TPSA) is 135 Å². The third kappa shape index (κ3) is 11.8. The van der Waals surface area contributed by atoms with Gasteiger partial charge in [-0.3, -0.25) is 0 Å². The van der Waals surface area contributed by atoms with E-state index in [4.69, 9.17) is 70.6 Å². The summed E-state index contributed by atoms with van der Waals surface area (Å²) in [5.41, 5.74) is 8.09. The molecule has 0 saturated carbocycles. The molecule has 0 amide bonds. The molecule has 13 nitrogen and oxygen atoms in total. The highest BCUT2D eigenvalue weighted by atomic mass is 35.5. The highest BCUT2D eigenvalue weighted by Crippen LogP contribution is 2.39. The Morgan fingerprint density at radius 2 is 0.985 bits per heavy atom. The second kappa shape index (κ2) is 21.8. The van der Waals surface area contributed by atoms with Crippen LogP contribution in [0.5, 0.6) is 17.2 Å². The highest BCUT2D eigenvalue weighted by molar-refractivity contribution is 7.89. The lowest BCUT2D eigenvalue weighted by Crippen LogP contribution is -2.48. The molecule has 67 heavy (non-hydrogen) atoms. The van der Waals surface area contributed by atoms with E-state index in [1.165, 1.54) is 66.5 Å². The monoisotopic (exact) mass is 1070 g/mol. The number of sulfonamides is 2. The quantitative estimate of drug-likeness (QED) is 0.109. The fourth-order valence-corrected chi connectivity index (χ4v) is 14.1. The van der Waals surface area contributed by atoms with Crippen molar-refractivity contribution in [3.05, 3.63) is 131 Å². The van der Waals surface area contributed by atoms with Gasteiger partial charge in [-0.05, 0) is 91.6 Å². The number of halogens is 4. The number of methoxy groups -OCH3 is 3. The summed E-state index contributed by atoms with van der Waals surface area (Å²) in [4.78, 5) is 13.9. The molecule has 2 fully saturated rings. The van der Waals surface area contributed by atoms with Gasteiger partial charge in [0.2, 0.25) is 25.8 Å². The van der Waals surface area contributed by atoms with Crippen molar-refractivity contribution in [3.63, 3.8) is 0 Å². The third-order valence-corrected chi connectivity index (χ3v) is 18.6. The maximum Gasteiger partial charge on any atom is 0.244 e. The SMILES string of the molecule is COc1cc(Cc2csc(N3CCN(S(=O)(=O)c4cc(Cl)ccc4Cl)CC3)n2)cc(OC)c1OC.Cc1cc(C)c(Cc2csc(N3CCN(S(=O)(=O)c4cc(Cl)ccc4Cl)CC3)n2)c(C)c1. The molecule has 8 rings (SSSR count). The molecular formula is C46H50Cl4N6O7S4. The molecule has 0 radical (unpaired) electrons. The van der Waals surface area contributed by atoms with Gasteiger partial charge in [0.1, 0.15) is 9.79 Å². The number of ether oxygens (including phenoxy) is 3. The van der Waals surface area contributed by atoms with E-state index in [-0.39, 0.29) is 19.8 Å². The van der Waals surface area contributed by atoms with Crippen molar-refractivity contribution in [2.24, 2.45) is 0 Å². The van der Waals surface area contributed by atoms with Crippen LogP contribution in [0.3, 0.4) is 0 Å². The summed E-state index contributed by atoms with van der Waals surface area (Å²) in [5.74, 6) is 1.73. The van der Waals surface area contributed by atoms with Crippen LogP contribution in [-0.2, 0) is 32.9 Å². The number of nitrogens with zero attached hydrogens (tertiary/aromatic N) is 6. The molecule has 2 aliphatic heterocycles. The Morgan fingerprint density at radius 3 is 1.39 bits per heavy atom. The van der Waals surface area contributed by atoms with E-state index in [1.54, 1.807) is 44.8 Å². The Kier molecular flexibility index (Phi) is 16.6. The average molecular weight is 1070 g/mol. The number of anilines is 2. The van der Waals surface area contributed by atoms with E-state index < -0.39 is 20.0 Å². The van der Waals surface area contributed by atoms with Crippen LogP contribution in [0.1, 0.15) is 39.2 Å². The molecule has 0 N–H and O–H groups in total. The molecule has 6 aromatic rings. The Bertz CT molecular complexity index is 2910. The molecule has 2 aliphatic rings. The van der Waals surface area contributed by atoms with Crippen molar-refractivity contribution in [3.8, 4) is 17.2 Å². The minimum Gasteiger partial charge on any atom is -0.493 e. The molecular weight excluding hydrogens is 1020 g/mol. The molecule has 0 spiro atoms. The van der Waals surface area contributed by atoms with Crippen LogP contribution in [0.2, 0.25) is 20.1 Å². The van der Waals surface area contributed by atoms with E-state index >= 15 is 0 Å². The van der Waals surface area contributed by atoms with Gasteiger partial charge >= 0.3 is 0 Å². The summed E-state index contributed by atoms with van der Waals surface area (Å²) in [6.45, 7) is 10.0. The van der Waals surface area contributed by atoms with Crippen LogP contribution in [-0.4, -0.2) is 109 Å². The lowest BCUT2D eigenvalue weighted by Gasteiger charge is -2.34. The molecule has 4 heterocycles. The number of aryl methyl sites for hydroxylation is 3. The summed E-state index contributed by atoms with van der Waals surface area (Å²) in [5, 5.41) is 6.91. The standard InChI is InChI=1S/C23H25Cl2N3O5S2.C23H25Cl2N3O2S2/c1-31-19-11-15(12-20(32-2)22(19)33-3)10-17-14-34-23(26-17)27-6-8-28(9-7-27)35(29,30)21-13-16(24)4-5-18(21)25;1-15-10-16(2)20(17(3)11-15)13-19-14-31-23(26-19)27-6-8-28(9-7-27)32(29,30)22-12-18(24)4-5-21(22)25/h4-5,11-14H,6-10H2,1-3H3;4-5,10-12,14H,6-9,13H2,1-3H3. The number of aromatic nitrogens is 2. The van der Waals surface area contributed by atoms with Gasteiger partial charge in [-0.1, -0.05) is 64.1 Å². The molecule has 0 atom stereocenters. The molecule has 2 aromatic heterocycles. The van der Waals surface area contributed by atoms with E-state index in [9.17, 15) is 16.8 Å². The Morgan fingerprint density at radius 1 is 0.567 bits per heavy atom. The fourth-order valence-electron chi connectivity index (χ4n) is 8.03. The number of benzene rings is 4. The van der Waals surface area contributed by atoms with Crippen molar-refractivity contribution in [2.45, 2.75) is 43.4 Å². The average Bonchev–Trinajstić information content (AvgIpc) is 3.99. The first-order chi connectivity index (χ1) is 31.9. The molecule has 21 heteroatoms. The van der Waals surface area contributed by atoms with Gasteiger partial charge in [-0.2, -0.15) is 8.61 Å². The van der Waals surface area contributed by atoms with Crippen molar-refractivity contribution in [1.82, 2.24) is 18.6 Å². The zero-order valence-corrected chi connectivity index (χ0v) is 44.0. The minimum atomic E-state index is -3.74. The van der Waals surface area contributed by atoms with Gasteiger partial charge < -0.3 is 24.0 Å². The number of hydrogen-bond donors (Lipinski definition) is 0. The Labute approximate surface area is 420 Å². The van der Waals surface area contributed by atoms with Crippen LogP contribution in [0.25, 0.3) is 0 Å². The summed E-state index contributed by atoms with van der Waals surface area (Å²) >= 11 is 27.4. The van der Waals surface area contributed by atoms with Gasteiger partial charge in [-0.15, -0.1) is 22.7 Å². The van der Waals surface area contributed by atoms with Crippen LogP contribution in [0, 0.1) is 20.8 Å². The number of piperazine rings is 2. The van der Waals surface area contributed by atoms with Gasteiger partial charge in [0.25, 0.3) is 0 Å². The molecule has 4 aromatic carbocycles. The maximum atomic E-state index is 13.1. The first-order valence-electron chi connectivity index (χ1n) is 21.1. The van der Waals surface area contributed by atoms with Crippen molar-refractivity contribution < 1.29 is 31.0 Å².